The van der Waals surface area contributed by atoms with Crippen LogP contribution in [0.25, 0.3) is 10.9 Å². The summed E-state index contributed by atoms with van der Waals surface area (Å²) in [6.07, 6.45) is 1.34. The van der Waals surface area contributed by atoms with E-state index in [-0.39, 0.29) is 11.5 Å². The van der Waals surface area contributed by atoms with E-state index >= 15 is 0 Å². The maximum Gasteiger partial charge on any atom is 0.280 e. The molecule has 0 saturated carbocycles. The van der Waals surface area contributed by atoms with E-state index < -0.39 is 11.4 Å². The summed E-state index contributed by atoms with van der Waals surface area (Å²) in [6.45, 7) is 0. The second-order valence-electron chi connectivity index (χ2n) is 5.46. The number of aromatic nitrogens is 2. The third-order valence-electron chi connectivity index (χ3n) is 4.11. The summed E-state index contributed by atoms with van der Waals surface area (Å²) < 4.78 is 1.21. The number of nitrogens with zero attached hydrogens (tertiary/aromatic N) is 3. The Morgan fingerprint density at radius 3 is 2.50 bits per heavy atom. The van der Waals surface area contributed by atoms with Gasteiger partial charge in [0, 0.05) is 5.02 Å². The van der Waals surface area contributed by atoms with Crippen LogP contribution in [-0.2, 0) is 4.79 Å². The van der Waals surface area contributed by atoms with Crippen molar-refractivity contribution in [3.05, 3.63) is 75.8 Å². The van der Waals surface area contributed by atoms with Crippen molar-refractivity contribution in [1.82, 2.24) is 9.66 Å². The SMILES string of the molecule is O=C1C(Cl)C(c2ccccc2Cl)N1n1cnc2ccccc2c1=O. The van der Waals surface area contributed by atoms with Gasteiger partial charge in [-0.1, -0.05) is 41.9 Å². The number of amides is 1. The van der Waals surface area contributed by atoms with Gasteiger partial charge in [-0.3, -0.25) is 9.59 Å². The first kappa shape index (κ1) is 15.2. The zero-order valence-electron chi connectivity index (χ0n) is 12.3. The summed E-state index contributed by atoms with van der Waals surface area (Å²) >= 11 is 12.4. The van der Waals surface area contributed by atoms with Crippen LogP contribution >= 0.6 is 23.2 Å². The highest BCUT2D eigenvalue weighted by molar-refractivity contribution is 6.37. The molecular weight excluding hydrogens is 349 g/mol. The topological polar surface area (TPSA) is 55.2 Å². The number of hydrogen-bond donors (Lipinski definition) is 0. The zero-order chi connectivity index (χ0) is 16.8. The lowest BCUT2D eigenvalue weighted by Crippen LogP contribution is -2.64. The first-order chi connectivity index (χ1) is 11.6. The number of hydrogen-bond acceptors (Lipinski definition) is 3. The number of alkyl halides is 1. The molecule has 1 aliphatic rings. The molecule has 0 bridgehead atoms. The summed E-state index contributed by atoms with van der Waals surface area (Å²) in [5, 5.41) is 1.46. The maximum atomic E-state index is 12.7. The Bertz CT molecular complexity index is 1020. The quantitative estimate of drug-likeness (QED) is 0.522. The van der Waals surface area contributed by atoms with Gasteiger partial charge in [0.25, 0.3) is 11.5 Å². The Hall–Kier alpha value is -2.37. The van der Waals surface area contributed by atoms with E-state index in [1.54, 1.807) is 42.5 Å². The molecule has 2 atom stereocenters. The van der Waals surface area contributed by atoms with E-state index in [0.29, 0.717) is 21.5 Å². The Kier molecular flexibility index (Phi) is 3.55. The minimum atomic E-state index is -0.775. The van der Waals surface area contributed by atoms with Crippen LogP contribution in [-0.4, -0.2) is 20.9 Å². The molecule has 0 N–H and O–H groups in total. The van der Waals surface area contributed by atoms with Gasteiger partial charge in [-0.05, 0) is 23.8 Å². The molecule has 3 aromatic rings. The van der Waals surface area contributed by atoms with Crippen molar-refractivity contribution in [2.75, 3.05) is 5.01 Å². The van der Waals surface area contributed by atoms with Gasteiger partial charge in [0.05, 0.1) is 10.9 Å². The van der Waals surface area contributed by atoms with Crippen molar-refractivity contribution in [3.63, 3.8) is 0 Å². The molecule has 2 aromatic carbocycles. The van der Waals surface area contributed by atoms with E-state index in [2.05, 4.69) is 4.98 Å². The summed E-state index contributed by atoms with van der Waals surface area (Å²) in [5.74, 6) is -0.360. The van der Waals surface area contributed by atoms with Gasteiger partial charge in [-0.25, -0.2) is 14.7 Å². The molecule has 4 rings (SSSR count). The van der Waals surface area contributed by atoms with Gasteiger partial charge in [-0.2, -0.15) is 0 Å². The highest BCUT2D eigenvalue weighted by Gasteiger charge is 2.49. The lowest BCUT2D eigenvalue weighted by molar-refractivity contribution is -0.126. The van der Waals surface area contributed by atoms with Crippen LogP contribution in [0, 0.1) is 0 Å². The van der Waals surface area contributed by atoms with Crippen molar-refractivity contribution >= 4 is 40.0 Å². The highest BCUT2D eigenvalue weighted by atomic mass is 35.5. The molecule has 0 radical (unpaired) electrons. The standard InChI is InChI=1S/C17H11Cl2N3O2/c18-12-7-3-1-5-10(12)15-14(19)17(24)22(15)21-9-20-13-8-4-2-6-11(13)16(21)23/h1-9,14-15H. The molecule has 5 nitrogen and oxygen atoms in total. The normalized spacial score (nSPS) is 20.2. The predicted octanol–water partition coefficient (Wildman–Crippen LogP) is 2.88. The molecule has 1 aromatic heterocycles. The second kappa shape index (κ2) is 5.61. The van der Waals surface area contributed by atoms with Gasteiger partial charge in [0.15, 0.2) is 0 Å². The highest BCUT2D eigenvalue weighted by Crippen LogP contribution is 2.39. The van der Waals surface area contributed by atoms with Crippen LogP contribution in [0.3, 0.4) is 0 Å². The van der Waals surface area contributed by atoms with Gasteiger partial charge in [0.2, 0.25) is 0 Å². The lowest BCUT2D eigenvalue weighted by Gasteiger charge is -2.44. The predicted molar refractivity (Wildman–Crippen MR) is 93.1 cm³/mol. The molecule has 120 valence electrons. The minimum absolute atomic E-state index is 0.324. The second-order valence-corrected chi connectivity index (χ2v) is 6.34. The van der Waals surface area contributed by atoms with Crippen LogP contribution in [0.1, 0.15) is 11.6 Å². The fraction of sp³-hybridized carbons (Fsp3) is 0.118. The Morgan fingerprint density at radius 1 is 1.00 bits per heavy atom. The molecule has 24 heavy (non-hydrogen) atoms. The zero-order valence-corrected chi connectivity index (χ0v) is 13.8. The molecule has 7 heteroatoms. The third-order valence-corrected chi connectivity index (χ3v) is 4.88. The first-order valence-corrected chi connectivity index (χ1v) is 8.09. The molecule has 2 heterocycles. The van der Waals surface area contributed by atoms with Crippen LogP contribution in [0.5, 0.6) is 0 Å². The number of para-hydroxylation sites is 1. The maximum absolute atomic E-state index is 12.7. The molecule has 1 aliphatic heterocycles. The molecule has 1 amide bonds. The van der Waals surface area contributed by atoms with Gasteiger partial charge < -0.3 is 0 Å². The van der Waals surface area contributed by atoms with Crippen molar-refractivity contribution in [2.24, 2.45) is 0 Å². The van der Waals surface area contributed by atoms with Gasteiger partial charge in [0.1, 0.15) is 17.7 Å². The minimum Gasteiger partial charge on any atom is -0.271 e. The van der Waals surface area contributed by atoms with Crippen molar-refractivity contribution < 1.29 is 4.79 Å². The number of β-lactam (4-membered cyclic amide) rings is 1. The van der Waals surface area contributed by atoms with E-state index in [1.165, 1.54) is 16.0 Å². The van der Waals surface area contributed by atoms with Crippen LogP contribution in [0.4, 0.5) is 0 Å². The fourth-order valence-corrected chi connectivity index (χ4v) is 3.49. The Balaban J connectivity index is 1.86. The Morgan fingerprint density at radius 2 is 1.71 bits per heavy atom. The molecular formula is C17H11Cl2N3O2. The summed E-state index contributed by atoms with van der Waals surface area (Å²) in [4.78, 5) is 29.3. The third kappa shape index (κ3) is 2.12. The largest absolute Gasteiger partial charge is 0.280 e. The summed E-state index contributed by atoms with van der Waals surface area (Å²) in [6, 6.07) is 13.6. The molecule has 1 saturated heterocycles. The molecule has 0 aliphatic carbocycles. The number of rotatable bonds is 2. The molecule has 0 spiro atoms. The van der Waals surface area contributed by atoms with E-state index in [9.17, 15) is 9.59 Å². The average molecular weight is 360 g/mol. The number of benzene rings is 2. The Labute approximate surface area is 147 Å². The number of carbonyl (C=O) groups excluding carboxylic acids is 1. The fourth-order valence-electron chi connectivity index (χ4n) is 2.90. The van der Waals surface area contributed by atoms with E-state index in [0.717, 1.165) is 0 Å². The molecule has 2 unspecified atom stereocenters. The van der Waals surface area contributed by atoms with E-state index in [1.807, 2.05) is 6.07 Å². The van der Waals surface area contributed by atoms with E-state index in [4.69, 9.17) is 23.2 Å². The lowest BCUT2D eigenvalue weighted by atomic mass is 9.95. The monoisotopic (exact) mass is 359 g/mol. The molecule has 1 fully saturated rings. The summed E-state index contributed by atoms with van der Waals surface area (Å²) in [5.41, 5.74) is 0.942. The summed E-state index contributed by atoms with van der Waals surface area (Å²) in [7, 11) is 0. The van der Waals surface area contributed by atoms with Crippen LogP contribution in [0.2, 0.25) is 5.02 Å². The number of halogens is 2. The average Bonchev–Trinajstić information content (AvgIpc) is 2.61. The van der Waals surface area contributed by atoms with Crippen molar-refractivity contribution in [1.29, 1.82) is 0 Å². The van der Waals surface area contributed by atoms with Crippen molar-refractivity contribution in [2.45, 2.75) is 11.4 Å². The van der Waals surface area contributed by atoms with Gasteiger partial charge >= 0.3 is 0 Å². The van der Waals surface area contributed by atoms with Crippen LogP contribution < -0.4 is 10.6 Å². The van der Waals surface area contributed by atoms with Crippen molar-refractivity contribution in [3.8, 4) is 0 Å². The van der Waals surface area contributed by atoms with Gasteiger partial charge in [-0.15, -0.1) is 11.6 Å². The number of fused-ring (bicyclic) bond motifs is 1. The first-order valence-electron chi connectivity index (χ1n) is 7.28. The smallest absolute Gasteiger partial charge is 0.271 e. The van der Waals surface area contributed by atoms with Crippen LogP contribution in [0.15, 0.2) is 59.7 Å². The number of carbonyl (C=O) groups is 1.